The molecule has 1 heterocycles. The van der Waals surface area contributed by atoms with Crippen molar-refractivity contribution in [2.45, 2.75) is 57.1 Å². The van der Waals surface area contributed by atoms with Crippen LogP contribution >= 0.6 is 0 Å². The summed E-state index contributed by atoms with van der Waals surface area (Å²) in [5, 5.41) is 0. The van der Waals surface area contributed by atoms with E-state index in [2.05, 4.69) is 6.92 Å². The van der Waals surface area contributed by atoms with Crippen LogP contribution in [-0.4, -0.2) is 12.7 Å². The molecule has 0 amide bonds. The highest BCUT2D eigenvalue weighted by atomic mass is 16.5. The van der Waals surface area contributed by atoms with Crippen LogP contribution in [0.5, 0.6) is 11.5 Å². The molecule has 3 nitrogen and oxygen atoms in total. The monoisotopic (exact) mass is 275 g/mol. The van der Waals surface area contributed by atoms with E-state index < -0.39 is 0 Å². The molecule has 0 radical (unpaired) electrons. The molecule has 3 heteroatoms. The molecule has 1 aliphatic carbocycles. The van der Waals surface area contributed by atoms with E-state index in [1.165, 1.54) is 19.3 Å². The van der Waals surface area contributed by atoms with Crippen LogP contribution in [0.1, 0.15) is 57.1 Å². The van der Waals surface area contributed by atoms with Gasteiger partial charge < -0.3 is 15.2 Å². The number of nitrogens with two attached hydrogens (primary N) is 1. The van der Waals surface area contributed by atoms with Gasteiger partial charge >= 0.3 is 0 Å². The number of benzene rings is 1. The van der Waals surface area contributed by atoms with E-state index in [1.54, 1.807) is 7.11 Å². The van der Waals surface area contributed by atoms with Crippen LogP contribution in [0.2, 0.25) is 0 Å². The highest BCUT2D eigenvalue weighted by Crippen LogP contribution is 2.47. The van der Waals surface area contributed by atoms with Crippen molar-refractivity contribution in [3.8, 4) is 11.5 Å². The van der Waals surface area contributed by atoms with Crippen molar-refractivity contribution < 1.29 is 9.47 Å². The topological polar surface area (TPSA) is 44.5 Å². The van der Waals surface area contributed by atoms with Crippen molar-refractivity contribution >= 4 is 0 Å². The molecule has 1 atom stereocenters. The van der Waals surface area contributed by atoms with Gasteiger partial charge in [-0.25, -0.2) is 0 Å². The standard InChI is InChI=1S/C17H25NO2/c1-3-12-6-8-17(9-7-12)11-15(18)14-10-13(19-2)4-5-16(14)20-17/h4-5,10,12,15H,3,6-9,11,18H2,1-2H3/t12?,15-,17?/m1/s1. The third kappa shape index (κ3) is 2.39. The van der Waals surface area contributed by atoms with E-state index in [-0.39, 0.29) is 11.6 Å². The molecule has 0 unspecified atom stereocenters. The lowest BCUT2D eigenvalue weighted by atomic mass is 9.73. The van der Waals surface area contributed by atoms with Crippen LogP contribution in [0.25, 0.3) is 0 Å². The summed E-state index contributed by atoms with van der Waals surface area (Å²) in [6, 6.07) is 6.06. The largest absolute Gasteiger partial charge is 0.497 e. The minimum absolute atomic E-state index is 0.0212. The average Bonchev–Trinajstić information content (AvgIpc) is 2.48. The lowest BCUT2D eigenvalue weighted by Gasteiger charge is -2.45. The SMILES string of the molecule is CCC1CCC2(CC1)C[C@@H](N)c1cc(OC)ccc1O2. The Morgan fingerprint density at radius 1 is 1.35 bits per heavy atom. The number of ether oxygens (including phenoxy) is 2. The Balaban J connectivity index is 1.82. The van der Waals surface area contributed by atoms with Gasteiger partial charge in [0.1, 0.15) is 17.1 Å². The van der Waals surface area contributed by atoms with Gasteiger partial charge in [0.15, 0.2) is 0 Å². The van der Waals surface area contributed by atoms with Crippen LogP contribution in [0, 0.1) is 5.92 Å². The molecule has 2 aliphatic rings. The molecule has 1 saturated carbocycles. The zero-order valence-corrected chi connectivity index (χ0v) is 12.5. The van der Waals surface area contributed by atoms with Gasteiger partial charge in [-0.1, -0.05) is 13.3 Å². The van der Waals surface area contributed by atoms with E-state index >= 15 is 0 Å². The maximum atomic E-state index is 6.41. The summed E-state index contributed by atoms with van der Waals surface area (Å²) < 4.78 is 11.7. The Hall–Kier alpha value is -1.22. The summed E-state index contributed by atoms with van der Waals surface area (Å²) in [6.45, 7) is 2.29. The van der Waals surface area contributed by atoms with Crippen molar-refractivity contribution in [2.75, 3.05) is 7.11 Å². The second-order valence-corrected chi connectivity index (χ2v) is 6.35. The molecule has 0 aromatic heterocycles. The van der Waals surface area contributed by atoms with Crippen LogP contribution < -0.4 is 15.2 Å². The average molecular weight is 275 g/mol. The van der Waals surface area contributed by atoms with Gasteiger partial charge in [0, 0.05) is 18.0 Å². The Kier molecular flexibility index (Phi) is 3.63. The van der Waals surface area contributed by atoms with Gasteiger partial charge in [0.2, 0.25) is 0 Å². The molecule has 2 N–H and O–H groups in total. The molecule has 1 aliphatic heterocycles. The quantitative estimate of drug-likeness (QED) is 0.892. The molecule has 1 spiro atoms. The Bertz CT molecular complexity index is 478. The fourth-order valence-electron chi connectivity index (χ4n) is 3.74. The van der Waals surface area contributed by atoms with Crippen molar-refractivity contribution in [1.29, 1.82) is 0 Å². The summed E-state index contributed by atoms with van der Waals surface area (Å²) >= 11 is 0. The van der Waals surface area contributed by atoms with Crippen molar-refractivity contribution in [2.24, 2.45) is 11.7 Å². The minimum Gasteiger partial charge on any atom is -0.497 e. The van der Waals surface area contributed by atoms with Crippen LogP contribution in [0.15, 0.2) is 18.2 Å². The number of methoxy groups -OCH3 is 1. The Morgan fingerprint density at radius 3 is 2.75 bits per heavy atom. The Morgan fingerprint density at radius 2 is 2.10 bits per heavy atom. The molecule has 110 valence electrons. The molecule has 0 bridgehead atoms. The third-order valence-electron chi connectivity index (χ3n) is 5.13. The van der Waals surface area contributed by atoms with Crippen molar-refractivity contribution in [3.63, 3.8) is 0 Å². The molecule has 1 aromatic carbocycles. The van der Waals surface area contributed by atoms with Crippen molar-refractivity contribution in [3.05, 3.63) is 23.8 Å². The fraction of sp³-hybridized carbons (Fsp3) is 0.647. The summed E-state index contributed by atoms with van der Waals surface area (Å²) in [7, 11) is 1.68. The van der Waals surface area contributed by atoms with E-state index in [9.17, 15) is 0 Å². The number of hydrogen-bond acceptors (Lipinski definition) is 3. The molecule has 20 heavy (non-hydrogen) atoms. The maximum absolute atomic E-state index is 6.41. The number of rotatable bonds is 2. The van der Waals surface area contributed by atoms with Gasteiger partial charge in [0.25, 0.3) is 0 Å². The molecule has 0 saturated heterocycles. The van der Waals surface area contributed by atoms with Gasteiger partial charge in [-0.15, -0.1) is 0 Å². The molecular weight excluding hydrogens is 250 g/mol. The molecular formula is C17H25NO2. The predicted octanol–water partition coefficient (Wildman–Crippen LogP) is 3.82. The second kappa shape index (κ2) is 5.28. The number of hydrogen-bond donors (Lipinski definition) is 1. The predicted molar refractivity (Wildman–Crippen MR) is 80.1 cm³/mol. The van der Waals surface area contributed by atoms with Crippen LogP contribution in [0.3, 0.4) is 0 Å². The molecule has 1 fully saturated rings. The van der Waals surface area contributed by atoms with E-state index in [4.69, 9.17) is 15.2 Å². The first-order chi connectivity index (χ1) is 9.65. The first-order valence-electron chi connectivity index (χ1n) is 7.78. The smallest absolute Gasteiger partial charge is 0.125 e. The molecule has 1 aromatic rings. The normalized spacial score (nSPS) is 32.5. The summed E-state index contributed by atoms with van der Waals surface area (Å²) in [4.78, 5) is 0. The van der Waals surface area contributed by atoms with E-state index in [0.717, 1.165) is 42.2 Å². The fourth-order valence-corrected chi connectivity index (χ4v) is 3.74. The second-order valence-electron chi connectivity index (χ2n) is 6.35. The zero-order valence-electron chi connectivity index (χ0n) is 12.5. The summed E-state index contributed by atoms with van der Waals surface area (Å²) in [6.07, 6.45) is 7.05. The van der Waals surface area contributed by atoms with Crippen LogP contribution in [0.4, 0.5) is 0 Å². The van der Waals surface area contributed by atoms with Gasteiger partial charge in [0.05, 0.1) is 7.11 Å². The zero-order chi connectivity index (χ0) is 14.2. The Labute approximate surface area is 121 Å². The summed E-state index contributed by atoms with van der Waals surface area (Å²) in [5.41, 5.74) is 7.48. The number of fused-ring (bicyclic) bond motifs is 1. The lowest BCUT2D eigenvalue weighted by Crippen LogP contribution is -2.45. The minimum atomic E-state index is -0.0212. The lowest BCUT2D eigenvalue weighted by molar-refractivity contribution is -0.0110. The van der Waals surface area contributed by atoms with Gasteiger partial charge in [-0.2, -0.15) is 0 Å². The molecule has 3 rings (SSSR count). The highest BCUT2D eigenvalue weighted by Gasteiger charge is 2.42. The van der Waals surface area contributed by atoms with Gasteiger partial charge in [-0.05, 0) is 49.8 Å². The first kappa shape index (κ1) is 13.7. The third-order valence-corrected chi connectivity index (χ3v) is 5.13. The summed E-state index contributed by atoms with van der Waals surface area (Å²) in [5.74, 6) is 2.69. The maximum Gasteiger partial charge on any atom is 0.125 e. The highest BCUT2D eigenvalue weighted by molar-refractivity contribution is 5.44. The van der Waals surface area contributed by atoms with Crippen LogP contribution in [-0.2, 0) is 0 Å². The van der Waals surface area contributed by atoms with Gasteiger partial charge in [-0.3, -0.25) is 0 Å². The van der Waals surface area contributed by atoms with E-state index in [1.807, 2.05) is 18.2 Å². The van der Waals surface area contributed by atoms with E-state index in [0.29, 0.717) is 0 Å². The first-order valence-corrected chi connectivity index (χ1v) is 7.78. The van der Waals surface area contributed by atoms with Crippen molar-refractivity contribution in [1.82, 2.24) is 0 Å².